The smallest absolute Gasteiger partial charge is 0.163 e. The number of hydrogen-bond acceptors (Lipinski definition) is 4. The summed E-state index contributed by atoms with van der Waals surface area (Å²) in [5.74, 6) is 1.44. The molecule has 0 bridgehead atoms. The van der Waals surface area contributed by atoms with E-state index in [-0.39, 0.29) is 0 Å². The van der Waals surface area contributed by atoms with Crippen molar-refractivity contribution in [3.05, 3.63) is 32.2 Å². The number of pyridine rings is 1. The molecule has 2 aromatic heterocycles. The van der Waals surface area contributed by atoms with E-state index in [9.17, 15) is 0 Å². The molecule has 0 aliphatic carbocycles. The maximum atomic E-state index is 5.94. The monoisotopic (exact) mass is 418 g/mol. The van der Waals surface area contributed by atoms with Crippen LogP contribution in [0, 0.1) is 3.57 Å². The molecule has 0 aliphatic heterocycles. The highest BCUT2D eigenvalue weighted by atomic mass is 127. The molecule has 2 heterocycles. The average Bonchev–Trinajstić information content (AvgIpc) is 2.32. The molecule has 0 aromatic carbocycles. The van der Waals surface area contributed by atoms with E-state index in [1.165, 1.54) is 0 Å². The predicted octanol–water partition coefficient (Wildman–Crippen LogP) is 3.61. The van der Waals surface area contributed by atoms with Gasteiger partial charge in [0, 0.05) is 22.4 Å². The maximum absolute atomic E-state index is 5.94. The second-order valence-electron chi connectivity index (χ2n) is 4.18. The maximum Gasteiger partial charge on any atom is 0.163 e. The standard InChI is InChI=1S/C12H12BrIN4/c1-6(2)10-9(14)11(15)18-12(17-10)7-3-8(13)5-16-4-7/h3-6H,1-2H3,(H2,15,17,18). The van der Waals surface area contributed by atoms with Gasteiger partial charge >= 0.3 is 0 Å². The van der Waals surface area contributed by atoms with Gasteiger partial charge in [0.1, 0.15) is 5.82 Å². The fraction of sp³-hybridized carbons (Fsp3) is 0.250. The first-order valence-corrected chi connectivity index (χ1v) is 7.30. The van der Waals surface area contributed by atoms with Crippen molar-refractivity contribution >= 4 is 44.3 Å². The van der Waals surface area contributed by atoms with Crippen molar-refractivity contribution < 1.29 is 0 Å². The molecule has 2 rings (SSSR count). The molecule has 0 fully saturated rings. The Kier molecular flexibility index (Phi) is 4.16. The molecule has 4 nitrogen and oxygen atoms in total. The van der Waals surface area contributed by atoms with Crippen molar-refractivity contribution in [3.63, 3.8) is 0 Å². The number of aromatic nitrogens is 3. The minimum Gasteiger partial charge on any atom is -0.383 e. The number of halogens is 2. The molecule has 0 spiro atoms. The van der Waals surface area contributed by atoms with Gasteiger partial charge in [0.15, 0.2) is 5.82 Å². The zero-order valence-electron chi connectivity index (χ0n) is 9.98. The largest absolute Gasteiger partial charge is 0.383 e. The number of nitrogens with two attached hydrogens (primary N) is 1. The van der Waals surface area contributed by atoms with Gasteiger partial charge in [-0.25, -0.2) is 9.97 Å². The van der Waals surface area contributed by atoms with Gasteiger partial charge < -0.3 is 5.73 Å². The zero-order chi connectivity index (χ0) is 13.3. The van der Waals surface area contributed by atoms with E-state index in [1.54, 1.807) is 12.4 Å². The third-order valence-electron chi connectivity index (χ3n) is 2.41. The fourth-order valence-electron chi connectivity index (χ4n) is 1.53. The summed E-state index contributed by atoms with van der Waals surface area (Å²) in [4.78, 5) is 13.0. The summed E-state index contributed by atoms with van der Waals surface area (Å²) >= 11 is 5.58. The van der Waals surface area contributed by atoms with Crippen LogP contribution < -0.4 is 5.73 Å². The van der Waals surface area contributed by atoms with Crippen LogP contribution in [0.25, 0.3) is 11.4 Å². The summed E-state index contributed by atoms with van der Waals surface area (Å²) in [6.45, 7) is 4.18. The first-order chi connectivity index (χ1) is 8.49. The lowest BCUT2D eigenvalue weighted by Crippen LogP contribution is -2.06. The molecule has 2 aromatic rings. The zero-order valence-corrected chi connectivity index (χ0v) is 13.7. The van der Waals surface area contributed by atoms with Gasteiger partial charge in [-0.3, -0.25) is 4.98 Å². The Morgan fingerprint density at radius 1 is 1.28 bits per heavy atom. The molecule has 0 aliphatic rings. The molecular weight excluding hydrogens is 407 g/mol. The SMILES string of the molecule is CC(C)c1nc(-c2cncc(Br)c2)nc(N)c1I. The summed E-state index contributed by atoms with van der Waals surface area (Å²) in [7, 11) is 0. The van der Waals surface area contributed by atoms with E-state index >= 15 is 0 Å². The first kappa shape index (κ1) is 13.7. The van der Waals surface area contributed by atoms with E-state index < -0.39 is 0 Å². The second-order valence-corrected chi connectivity index (χ2v) is 6.17. The van der Waals surface area contributed by atoms with Gasteiger partial charge in [-0.05, 0) is 50.5 Å². The molecule has 94 valence electrons. The van der Waals surface area contributed by atoms with E-state index in [0.717, 1.165) is 19.3 Å². The van der Waals surface area contributed by atoms with Crippen LogP contribution in [0.4, 0.5) is 5.82 Å². The van der Waals surface area contributed by atoms with Gasteiger partial charge in [0.25, 0.3) is 0 Å². The van der Waals surface area contributed by atoms with Crippen molar-refractivity contribution in [2.45, 2.75) is 19.8 Å². The first-order valence-electron chi connectivity index (χ1n) is 5.43. The van der Waals surface area contributed by atoms with Crippen molar-refractivity contribution in [2.24, 2.45) is 0 Å². The third-order valence-corrected chi connectivity index (χ3v) is 3.95. The van der Waals surface area contributed by atoms with E-state index in [4.69, 9.17) is 5.73 Å². The van der Waals surface area contributed by atoms with Crippen LogP contribution in [-0.2, 0) is 0 Å². The van der Waals surface area contributed by atoms with Crippen LogP contribution >= 0.6 is 38.5 Å². The molecule has 0 saturated heterocycles. The molecule has 18 heavy (non-hydrogen) atoms. The molecule has 0 atom stereocenters. The topological polar surface area (TPSA) is 64.7 Å². The van der Waals surface area contributed by atoms with Crippen molar-refractivity contribution in [1.82, 2.24) is 15.0 Å². The minimum atomic E-state index is 0.307. The molecule has 0 amide bonds. The van der Waals surface area contributed by atoms with E-state index in [2.05, 4.69) is 67.3 Å². The quantitative estimate of drug-likeness (QED) is 0.756. The molecule has 0 unspecified atom stereocenters. The summed E-state index contributed by atoms with van der Waals surface area (Å²) < 4.78 is 1.82. The Morgan fingerprint density at radius 3 is 2.61 bits per heavy atom. The third kappa shape index (κ3) is 2.80. The van der Waals surface area contributed by atoms with Gasteiger partial charge in [0.2, 0.25) is 0 Å². The minimum absolute atomic E-state index is 0.307. The number of hydrogen-bond donors (Lipinski definition) is 1. The number of anilines is 1. The highest BCUT2D eigenvalue weighted by Crippen LogP contribution is 2.27. The van der Waals surface area contributed by atoms with Crippen LogP contribution in [-0.4, -0.2) is 15.0 Å². The summed E-state index contributed by atoms with van der Waals surface area (Å²) in [5, 5.41) is 0. The van der Waals surface area contributed by atoms with Crippen LogP contribution in [0.5, 0.6) is 0 Å². The predicted molar refractivity (Wildman–Crippen MR) is 84.2 cm³/mol. The molecule has 6 heteroatoms. The lowest BCUT2D eigenvalue weighted by atomic mass is 10.1. The van der Waals surface area contributed by atoms with Crippen molar-refractivity contribution in [1.29, 1.82) is 0 Å². The van der Waals surface area contributed by atoms with E-state index in [1.807, 2.05) is 6.07 Å². The Balaban J connectivity index is 2.59. The summed E-state index contributed by atoms with van der Waals surface area (Å²) in [6.07, 6.45) is 3.46. The highest BCUT2D eigenvalue weighted by Gasteiger charge is 2.14. The summed E-state index contributed by atoms with van der Waals surface area (Å²) in [6, 6.07) is 1.93. The lowest BCUT2D eigenvalue weighted by molar-refractivity contribution is 0.810. The van der Waals surface area contributed by atoms with Gasteiger partial charge in [-0.15, -0.1) is 0 Å². The number of rotatable bonds is 2. The summed E-state index contributed by atoms with van der Waals surface area (Å²) in [5.41, 5.74) is 7.77. The Bertz CT molecular complexity index is 586. The van der Waals surface area contributed by atoms with Crippen LogP contribution in [0.1, 0.15) is 25.5 Å². The van der Waals surface area contributed by atoms with Crippen molar-refractivity contribution in [3.8, 4) is 11.4 Å². The highest BCUT2D eigenvalue weighted by molar-refractivity contribution is 14.1. The average molecular weight is 419 g/mol. The Labute approximate surface area is 128 Å². The molecule has 2 N–H and O–H groups in total. The van der Waals surface area contributed by atoms with Gasteiger partial charge in [-0.2, -0.15) is 0 Å². The van der Waals surface area contributed by atoms with Gasteiger partial charge in [-0.1, -0.05) is 13.8 Å². The van der Waals surface area contributed by atoms with Crippen LogP contribution in [0.15, 0.2) is 22.9 Å². The molecular formula is C12H12BrIN4. The Hall–Kier alpha value is -0.760. The van der Waals surface area contributed by atoms with Crippen molar-refractivity contribution in [2.75, 3.05) is 5.73 Å². The second kappa shape index (κ2) is 5.48. The van der Waals surface area contributed by atoms with E-state index in [0.29, 0.717) is 17.6 Å². The number of nitrogen functional groups attached to an aromatic ring is 1. The normalized spacial score (nSPS) is 10.9. The molecule has 0 saturated carbocycles. The van der Waals surface area contributed by atoms with Crippen LogP contribution in [0.3, 0.4) is 0 Å². The Morgan fingerprint density at radius 2 is 2.00 bits per heavy atom. The van der Waals surface area contributed by atoms with Crippen LogP contribution in [0.2, 0.25) is 0 Å². The molecule has 0 radical (unpaired) electrons. The lowest BCUT2D eigenvalue weighted by Gasteiger charge is -2.11. The number of nitrogens with zero attached hydrogens (tertiary/aromatic N) is 3. The van der Waals surface area contributed by atoms with Gasteiger partial charge in [0.05, 0.1) is 9.26 Å². The fourth-order valence-corrected chi connectivity index (χ4v) is 2.76.